The van der Waals surface area contributed by atoms with Gasteiger partial charge in [-0.1, -0.05) is 36.4 Å². The summed E-state index contributed by atoms with van der Waals surface area (Å²) in [6.07, 6.45) is 1.11. The summed E-state index contributed by atoms with van der Waals surface area (Å²) in [5.74, 6) is 0. The average Bonchev–Trinajstić information content (AvgIpc) is 3.13. The Bertz CT molecular complexity index is 917. The van der Waals surface area contributed by atoms with Gasteiger partial charge in [0, 0.05) is 13.1 Å². The first-order valence-corrected chi connectivity index (χ1v) is 7.83. The SMILES string of the molecule is S=c1n(-c2ccccc2)c(=Nc2ccccc2)n2n1CCC2. The number of hydrogen-bond acceptors (Lipinski definition) is 2. The maximum Gasteiger partial charge on any atom is 0.232 e. The van der Waals surface area contributed by atoms with Crippen LogP contribution in [0, 0.1) is 4.77 Å². The highest BCUT2D eigenvalue weighted by atomic mass is 32.1. The fraction of sp³-hybridized carbons (Fsp3) is 0.176. The maximum absolute atomic E-state index is 5.68. The lowest BCUT2D eigenvalue weighted by Gasteiger charge is -2.03. The van der Waals surface area contributed by atoms with Crippen molar-refractivity contribution < 1.29 is 0 Å². The molecule has 0 radical (unpaired) electrons. The van der Waals surface area contributed by atoms with Crippen LogP contribution in [0.5, 0.6) is 0 Å². The molecule has 1 aliphatic heterocycles. The third kappa shape index (κ3) is 2.14. The molecule has 4 rings (SSSR count). The molecule has 0 bridgehead atoms. The summed E-state index contributed by atoms with van der Waals surface area (Å²) in [6.45, 7) is 1.91. The van der Waals surface area contributed by atoms with Crippen LogP contribution < -0.4 is 5.62 Å². The minimum Gasteiger partial charge on any atom is -0.257 e. The van der Waals surface area contributed by atoms with E-state index in [2.05, 4.69) is 26.1 Å². The van der Waals surface area contributed by atoms with Crippen molar-refractivity contribution in [1.29, 1.82) is 0 Å². The minimum atomic E-state index is 0.804. The summed E-state index contributed by atoms with van der Waals surface area (Å²) in [4.78, 5) is 4.85. The number of nitrogens with zero attached hydrogens (tertiary/aromatic N) is 4. The van der Waals surface area contributed by atoms with E-state index in [-0.39, 0.29) is 0 Å². The van der Waals surface area contributed by atoms with Gasteiger partial charge in [-0.05, 0) is 42.9 Å². The van der Waals surface area contributed by atoms with Crippen LogP contribution in [0.4, 0.5) is 5.69 Å². The molecule has 0 N–H and O–H groups in total. The molecule has 0 atom stereocenters. The van der Waals surface area contributed by atoms with Crippen LogP contribution in [0.2, 0.25) is 0 Å². The zero-order chi connectivity index (χ0) is 14.9. The number of para-hydroxylation sites is 2. The molecule has 0 fully saturated rings. The monoisotopic (exact) mass is 308 g/mol. The minimum absolute atomic E-state index is 0.804. The van der Waals surface area contributed by atoms with E-state index in [9.17, 15) is 0 Å². The maximum atomic E-state index is 5.68. The molecular weight excluding hydrogens is 292 g/mol. The van der Waals surface area contributed by atoms with E-state index < -0.39 is 0 Å². The summed E-state index contributed by atoms with van der Waals surface area (Å²) in [5.41, 5.74) is 2.88. The molecule has 2 aromatic carbocycles. The van der Waals surface area contributed by atoms with Crippen molar-refractivity contribution in [3.63, 3.8) is 0 Å². The average molecular weight is 308 g/mol. The van der Waals surface area contributed by atoms with Crippen molar-refractivity contribution in [2.24, 2.45) is 4.99 Å². The molecule has 1 aliphatic rings. The predicted molar refractivity (Wildman–Crippen MR) is 88.9 cm³/mol. The molecule has 2 heterocycles. The smallest absolute Gasteiger partial charge is 0.232 e. The van der Waals surface area contributed by atoms with Gasteiger partial charge in [0.1, 0.15) is 0 Å². The highest BCUT2D eigenvalue weighted by Gasteiger charge is 2.17. The van der Waals surface area contributed by atoms with Crippen molar-refractivity contribution in [2.45, 2.75) is 19.5 Å². The number of aromatic nitrogens is 3. The Balaban J connectivity index is 2.04. The Labute approximate surface area is 133 Å². The van der Waals surface area contributed by atoms with Crippen LogP contribution in [0.1, 0.15) is 6.42 Å². The molecule has 4 nitrogen and oxygen atoms in total. The normalized spacial score (nSPS) is 14.3. The highest BCUT2D eigenvalue weighted by Crippen LogP contribution is 2.13. The second-order valence-electron chi connectivity index (χ2n) is 5.30. The fourth-order valence-corrected chi connectivity index (χ4v) is 3.24. The van der Waals surface area contributed by atoms with E-state index in [1.807, 2.05) is 48.5 Å². The van der Waals surface area contributed by atoms with Gasteiger partial charge in [-0.2, -0.15) is 0 Å². The van der Waals surface area contributed by atoms with Gasteiger partial charge in [-0.3, -0.25) is 13.9 Å². The van der Waals surface area contributed by atoms with Crippen LogP contribution in [0.3, 0.4) is 0 Å². The van der Waals surface area contributed by atoms with E-state index in [1.165, 1.54) is 0 Å². The lowest BCUT2D eigenvalue weighted by atomic mass is 10.3. The summed E-state index contributed by atoms with van der Waals surface area (Å²) in [6, 6.07) is 20.2. The van der Waals surface area contributed by atoms with Gasteiger partial charge in [-0.25, -0.2) is 4.99 Å². The Hall–Kier alpha value is -2.40. The van der Waals surface area contributed by atoms with Gasteiger partial charge in [-0.15, -0.1) is 0 Å². The number of rotatable bonds is 2. The molecule has 0 saturated carbocycles. The van der Waals surface area contributed by atoms with E-state index >= 15 is 0 Å². The second kappa shape index (κ2) is 5.42. The number of benzene rings is 2. The first kappa shape index (κ1) is 13.3. The van der Waals surface area contributed by atoms with E-state index in [1.54, 1.807) is 0 Å². The van der Waals surface area contributed by atoms with Gasteiger partial charge in [0.25, 0.3) is 0 Å². The van der Waals surface area contributed by atoms with E-state index in [0.717, 1.165) is 41.3 Å². The van der Waals surface area contributed by atoms with Crippen LogP contribution >= 0.6 is 12.2 Å². The predicted octanol–water partition coefficient (Wildman–Crippen LogP) is 3.45. The Morgan fingerprint density at radius 3 is 2.18 bits per heavy atom. The van der Waals surface area contributed by atoms with E-state index in [0.29, 0.717) is 0 Å². The van der Waals surface area contributed by atoms with Crippen molar-refractivity contribution in [1.82, 2.24) is 13.9 Å². The van der Waals surface area contributed by atoms with Gasteiger partial charge in [0.2, 0.25) is 10.4 Å². The third-order valence-electron chi connectivity index (χ3n) is 3.87. The molecule has 1 aromatic heterocycles. The Morgan fingerprint density at radius 1 is 0.818 bits per heavy atom. The van der Waals surface area contributed by atoms with Crippen molar-refractivity contribution in [2.75, 3.05) is 0 Å². The van der Waals surface area contributed by atoms with Crippen molar-refractivity contribution >= 4 is 17.9 Å². The first-order chi connectivity index (χ1) is 10.8. The summed E-state index contributed by atoms with van der Waals surface area (Å²) < 4.78 is 7.19. The Kier molecular flexibility index (Phi) is 3.27. The lowest BCUT2D eigenvalue weighted by molar-refractivity contribution is 0.581. The molecule has 0 aliphatic carbocycles. The summed E-state index contributed by atoms with van der Waals surface area (Å²) in [5, 5.41) is 0. The molecule has 5 heteroatoms. The zero-order valence-corrected chi connectivity index (χ0v) is 12.9. The fourth-order valence-electron chi connectivity index (χ4n) is 2.86. The topological polar surface area (TPSA) is 27.1 Å². The molecule has 22 heavy (non-hydrogen) atoms. The quantitative estimate of drug-likeness (QED) is 0.666. The zero-order valence-electron chi connectivity index (χ0n) is 12.1. The van der Waals surface area contributed by atoms with Crippen molar-refractivity contribution in [3.8, 4) is 5.69 Å². The van der Waals surface area contributed by atoms with Crippen LogP contribution in [0.15, 0.2) is 65.7 Å². The number of fused-ring (bicyclic) bond motifs is 1. The third-order valence-corrected chi connectivity index (χ3v) is 4.27. The molecule has 0 saturated heterocycles. The second-order valence-corrected chi connectivity index (χ2v) is 5.67. The molecule has 0 spiro atoms. The van der Waals surface area contributed by atoms with Gasteiger partial charge in [0.15, 0.2) is 0 Å². The standard InChI is InChI=1S/C17H16N4S/c22-17-20-13-7-12-19(20)16(18-14-8-3-1-4-9-14)21(17)15-10-5-2-6-11-15/h1-6,8-11H,7,12-13H2. The van der Waals surface area contributed by atoms with Crippen LogP contribution in [0.25, 0.3) is 5.69 Å². The van der Waals surface area contributed by atoms with Gasteiger partial charge < -0.3 is 0 Å². The highest BCUT2D eigenvalue weighted by molar-refractivity contribution is 7.71. The lowest BCUT2D eigenvalue weighted by Crippen LogP contribution is -2.25. The number of hydrogen-bond donors (Lipinski definition) is 0. The molecule has 0 amide bonds. The Morgan fingerprint density at radius 2 is 1.45 bits per heavy atom. The van der Waals surface area contributed by atoms with E-state index in [4.69, 9.17) is 17.2 Å². The molecule has 3 aromatic rings. The molecular formula is C17H16N4S. The van der Waals surface area contributed by atoms with Gasteiger partial charge in [0.05, 0.1) is 11.4 Å². The first-order valence-electron chi connectivity index (χ1n) is 7.42. The van der Waals surface area contributed by atoms with Gasteiger partial charge >= 0.3 is 0 Å². The molecule has 0 unspecified atom stereocenters. The van der Waals surface area contributed by atoms with Crippen molar-refractivity contribution in [3.05, 3.63) is 71.1 Å². The summed E-state index contributed by atoms with van der Waals surface area (Å²) in [7, 11) is 0. The van der Waals surface area contributed by atoms with Crippen LogP contribution in [-0.4, -0.2) is 13.9 Å². The van der Waals surface area contributed by atoms with Crippen LogP contribution in [-0.2, 0) is 13.1 Å². The molecule has 110 valence electrons. The summed E-state index contributed by atoms with van der Waals surface area (Å²) >= 11 is 5.68. The largest absolute Gasteiger partial charge is 0.257 e.